The van der Waals surface area contributed by atoms with E-state index in [4.69, 9.17) is 9.72 Å². The molecule has 0 radical (unpaired) electrons. The highest BCUT2D eigenvalue weighted by Crippen LogP contribution is 2.30. The van der Waals surface area contributed by atoms with E-state index in [1.807, 2.05) is 24.3 Å². The number of methoxy groups -OCH3 is 1. The first kappa shape index (κ1) is 11.8. The molecular formula is C16H16N2O. The van der Waals surface area contributed by atoms with Gasteiger partial charge in [0.15, 0.2) is 0 Å². The zero-order valence-electron chi connectivity index (χ0n) is 11.3. The van der Waals surface area contributed by atoms with Gasteiger partial charge in [0.1, 0.15) is 11.6 Å². The minimum Gasteiger partial charge on any atom is -0.496 e. The molecular weight excluding hydrogens is 236 g/mol. The minimum absolute atomic E-state index is 0.830. The lowest BCUT2D eigenvalue weighted by atomic mass is 10.1. The van der Waals surface area contributed by atoms with Crippen LogP contribution in [0.15, 0.2) is 36.4 Å². The first-order valence-electron chi connectivity index (χ1n) is 6.29. The number of aryl methyl sites for hydroxylation is 2. The number of nitrogens with zero attached hydrogens (tertiary/aromatic N) is 1. The molecule has 2 aromatic carbocycles. The molecule has 1 heterocycles. The van der Waals surface area contributed by atoms with Crippen molar-refractivity contribution in [3.8, 4) is 17.1 Å². The molecule has 0 saturated carbocycles. The number of imidazole rings is 1. The topological polar surface area (TPSA) is 37.9 Å². The van der Waals surface area contributed by atoms with E-state index in [1.165, 1.54) is 11.1 Å². The van der Waals surface area contributed by atoms with Gasteiger partial charge in [0.25, 0.3) is 0 Å². The largest absolute Gasteiger partial charge is 0.496 e. The second-order valence-electron chi connectivity index (χ2n) is 4.76. The fourth-order valence-electron chi connectivity index (χ4n) is 2.44. The number of fused-ring (bicyclic) bond motifs is 1. The molecule has 0 saturated heterocycles. The van der Waals surface area contributed by atoms with Crippen molar-refractivity contribution in [1.29, 1.82) is 0 Å². The summed E-state index contributed by atoms with van der Waals surface area (Å²) in [4.78, 5) is 8.07. The molecule has 3 nitrogen and oxygen atoms in total. The van der Waals surface area contributed by atoms with Crippen molar-refractivity contribution < 1.29 is 4.74 Å². The molecule has 3 heteroatoms. The molecule has 0 aliphatic rings. The number of ether oxygens (including phenoxy) is 1. The summed E-state index contributed by atoms with van der Waals surface area (Å²) in [5.74, 6) is 1.68. The maximum Gasteiger partial charge on any atom is 0.142 e. The quantitative estimate of drug-likeness (QED) is 0.752. The highest BCUT2D eigenvalue weighted by molar-refractivity contribution is 5.83. The molecule has 0 atom stereocenters. The third kappa shape index (κ3) is 1.97. The van der Waals surface area contributed by atoms with E-state index in [9.17, 15) is 0 Å². The fraction of sp³-hybridized carbons (Fsp3) is 0.188. The van der Waals surface area contributed by atoms with Crippen LogP contribution in [0, 0.1) is 13.8 Å². The summed E-state index contributed by atoms with van der Waals surface area (Å²) in [5, 5.41) is 0. The molecule has 0 amide bonds. The first-order chi connectivity index (χ1) is 9.19. The van der Waals surface area contributed by atoms with Gasteiger partial charge < -0.3 is 9.72 Å². The van der Waals surface area contributed by atoms with E-state index in [2.05, 4.69) is 31.0 Å². The predicted molar refractivity (Wildman–Crippen MR) is 77.6 cm³/mol. The highest BCUT2D eigenvalue weighted by atomic mass is 16.5. The first-order valence-corrected chi connectivity index (χ1v) is 6.29. The zero-order valence-corrected chi connectivity index (χ0v) is 11.3. The molecule has 0 unspecified atom stereocenters. The summed E-state index contributed by atoms with van der Waals surface area (Å²) in [6, 6.07) is 12.2. The summed E-state index contributed by atoms with van der Waals surface area (Å²) in [6.45, 7) is 4.18. The Bertz CT molecular complexity index is 744. The number of hydrogen-bond acceptors (Lipinski definition) is 2. The standard InChI is InChI=1S/C16H16N2O/c1-10-8-11(2)15-13(9-10)17-16(18-15)12-6-4-5-7-14(12)19-3/h4-9H,1-3H3,(H,17,18). The van der Waals surface area contributed by atoms with Crippen molar-refractivity contribution in [1.82, 2.24) is 9.97 Å². The summed E-state index contributed by atoms with van der Waals surface area (Å²) < 4.78 is 5.39. The van der Waals surface area contributed by atoms with Crippen LogP contribution in [0.2, 0.25) is 0 Å². The van der Waals surface area contributed by atoms with E-state index in [0.717, 1.165) is 28.2 Å². The third-order valence-electron chi connectivity index (χ3n) is 3.28. The number of aromatic nitrogens is 2. The van der Waals surface area contributed by atoms with Crippen LogP contribution in [0.25, 0.3) is 22.4 Å². The molecule has 19 heavy (non-hydrogen) atoms. The lowest BCUT2D eigenvalue weighted by Gasteiger charge is -2.04. The smallest absolute Gasteiger partial charge is 0.142 e. The predicted octanol–water partition coefficient (Wildman–Crippen LogP) is 3.86. The van der Waals surface area contributed by atoms with Crippen LogP contribution in [-0.4, -0.2) is 17.1 Å². The molecule has 3 rings (SSSR count). The molecule has 0 fully saturated rings. The van der Waals surface area contributed by atoms with Gasteiger partial charge in [-0.1, -0.05) is 18.2 Å². The molecule has 0 spiro atoms. The van der Waals surface area contributed by atoms with Gasteiger partial charge in [0, 0.05) is 0 Å². The SMILES string of the molecule is COc1ccccc1-c1nc2c(C)cc(C)cc2[nH]1. The Morgan fingerprint density at radius 3 is 2.68 bits per heavy atom. The van der Waals surface area contributed by atoms with Crippen molar-refractivity contribution >= 4 is 11.0 Å². The van der Waals surface area contributed by atoms with Crippen molar-refractivity contribution in [2.75, 3.05) is 7.11 Å². The van der Waals surface area contributed by atoms with Crippen LogP contribution in [0.1, 0.15) is 11.1 Å². The van der Waals surface area contributed by atoms with Gasteiger partial charge in [-0.05, 0) is 43.2 Å². The monoisotopic (exact) mass is 252 g/mol. The van der Waals surface area contributed by atoms with Crippen LogP contribution in [0.4, 0.5) is 0 Å². The van der Waals surface area contributed by atoms with Gasteiger partial charge in [0.2, 0.25) is 0 Å². The molecule has 0 bridgehead atoms. The number of para-hydroxylation sites is 1. The van der Waals surface area contributed by atoms with Crippen LogP contribution in [0.5, 0.6) is 5.75 Å². The molecule has 1 aromatic heterocycles. The summed E-state index contributed by atoms with van der Waals surface area (Å²) in [7, 11) is 1.68. The van der Waals surface area contributed by atoms with E-state index in [1.54, 1.807) is 7.11 Å². The van der Waals surface area contributed by atoms with Crippen molar-refractivity contribution in [2.24, 2.45) is 0 Å². The molecule has 3 aromatic rings. The van der Waals surface area contributed by atoms with E-state index >= 15 is 0 Å². The third-order valence-corrected chi connectivity index (χ3v) is 3.28. The fourth-order valence-corrected chi connectivity index (χ4v) is 2.44. The molecule has 96 valence electrons. The number of benzene rings is 2. The maximum atomic E-state index is 5.39. The molecule has 0 aliphatic carbocycles. The van der Waals surface area contributed by atoms with Gasteiger partial charge >= 0.3 is 0 Å². The van der Waals surface area contributed by atoms with Crippen LogP contribution >= 0.6 is 0 Å². The second-order valence-corrected chi connectivity index (χ2v) is 4.76. The second kappa shape index (κ2) is 4.43. The number of hydrogen-bond donors (Lipinski definition) is 1. The Hall–Kier alpha value is -2.29. The number of rotatable bonds is 2. The Labute approximate surface area is 112 Å². The average molecular weight is 252 g/mol. The minimum atomic E-state index is 0.830. The Morgan fingerprint density at radius 2 is 1.89 bits per heavy atom. The van der Waals surface area contributed by atoms with E-state index in [-0.39, 0.29) is 0 Å². The lowest BCUT2D eigenvalue weighted by Crippen LogP contribution is -1.88. The maximum absolute atomic E-state index is 5.39. The van der Waals surface area contributed by atoms with Crippen molar-refractivity contribution in [2.45, 2.75) is 13.8 Å². The summed E-state index contributed by atoms with van der Waals surface area (Å²) >= 11 is 0. The van der Waals surface area contributed by atoms with Crippen LogP contribution in [-0.2, 0) is 0 Å². The summed E-state index contributed by atoms with van der Waals surface area (Å²) in [5.41, 5.74) is 5.50. The Kier molecular flexibility index (Phi) is 2.75. The summed E-state index contributed by atoms with van der Waals surface area (Å²) in [6.07, 6.45) is 0. The van der Waals surface area contributed by atoms with Crippen molar-refractivity contribution in [3.05, 3.63) is 47.5 Å². The van der Waals surface area contributed by atoms with Crippen LogP contribution < -0.4 is 4.74 Å². The van der Waals surface area contributed by atoms with Gasteiger partial charge in [-0.15, -0.1) is 0 Å². The van der Waals surface area contributed by atoms with Gasteiger partial charge in [-0.25, -0.2) is 4.98 Å². The number of aromatic amines is 1. The van der Waals surface area contributed by atoms with E-state index in [0.29, 0.717) is 0 Å². The molecule has 0 aliphatic heterocycles. The van der Waals surface area contributed by atoms with Gasteiger partial charge in [0.05, 0.1) is 23.7 Å². The highest BCUT2D eigenvalue weighted by Gasteiger charge is 2.11. The normalized spacial score (nSPS) is 10.9. The molecule has 1 N–H and O–H groups in total. The Balaban J connectivity index is 2.23. The van der Waals surface area contributed by atoms with Gasteiger partial charge in [-0.3, -0.25) is 0 Å². The Morgan fingerprint density at radius 1 is 1.11 bits per heavy atom. The number of nitrogens with one attached hydrogen (secondary N) is 1. The van der Waals surface area contributed by atoms with E-state index < -0.39 is 0 Å². The van der Waals surface area contributed by atoms with Crippen LogP contribution in [0.3, 0.4) is 0 Å². The van der Waals surface area contributed by atoms with Gasteiger partial charge in [-0.2, -0.15) is 0 Å². The number of H-pyrrole nitrogens is 1. The zero-order chi connectivity index (χ0) is 13.4. The average Bonchev–Trinajstić information content (AvgIpc) is 2.82. The van der Waals surface area contributed by atoms with Crippen molar-refractivity contribution in [3.63, 3.8) is 0 Å². The lowest BCUT2D eigenvalue weighted by molar-refractivity contribution is 0.416.